The number of morpholine rings is 1. The molecule has 3 aliphatic rings. The molecule has 3 aromatic heterocycles. The van der Waals surface area contributed by atoms with E-state index < -0.39 is 0 Å². The molecule has 0 unspecified atom stereocenters. The van der Waals surface area contributed by atoms with Gasteiger partial charge in [0.2, 0.25) is 0 Å². The minimum absolute atomic E-state index is 0.272. The Hall–Kier alpha value is -2.65. The number of hydrogen-bond donors (Lipinski definition) is 2. The van der Waals surface area contributed by atoms with Gasteiger partial charge in [0.15, 0.2) is 17.3 Å². The Bertz CT molecular complexity index is 1110. The molecule has 33 heavy (non-hydrogen) atoms. The van der Waals surface area contributed by atoms with E-state index in [1.165, 1.54) is 44.1 Å². The van der Waals surface area contributed by atoms with E-state index in [4.69, 9.17) is 20.2 Å². The number of pyridine rings is 1. The summed E-state index contributed by atoms with van der Waals surface area (Å²) in [6.07, 6.45) is 8.97. The zero-order chi connectivity index (χ0) is 22.4. The number of aromatic amines is 1. The van der Waals surface area contributed by atoms with Gasteiger partial charge < -0.3 is 20.1 Å². The third-order valence-corrected chi connectivity index (χ3v) is 8.10. The number of nitrogens with zero attached hydrogens (tertiary/aromatic N) is 5. The summed E-state index contributed by atoms with van der Waals surface area (Å²) in [5, 5.41) is 12.8. The molecule has 6 rings (SSSR count). The molecule has 3 fully saturated rings. The summed E-state index contributed by atoms with van der Waals surface area (Å²) >= 11 is 0. The summed E-state index contributed by atoms with van der Waals surface area (Å²) in [4.78, 5) is 7.45. The fourth-order valence-corrected chi connectivity index (χ4v) is 6.07. The molecule has 1 atom stereocenters. The van der Waals surface area contributed by atoms with E-state index in [1.54, 1.807) is 10.9 Å². The molecule has 5 heterocycles. The number of nitrogens with two attached hydrogens (primary N) is 1. The van der Waals surface area contributed by atoms with Gasteiger partial charge in [-0.15, -0.1) is 5.10 Å². The number of nitrogens with one attached hydrogen (secondary N) is 1. The van der Waals surface area contributed by atoms with Crippen LogP contribution >= 0.6 is 0 Å². The largest absolute Gasteiger partial charge is 0.382 e. The van der Waals surface area contributed by atoms with Gasteiger partial charge in [0, 0.05) is 25.8 Å². The third-order valence-electron chi connectivity index (χ3n) is 8.10. The van der Waals surface area contributed by atoms with Crippen molar-refractivity contribution in [3.8, 4) is 5.82 Å². The average Bonchev–Trinajstić information content (AvgIpc) is 3.48. The summed E-state index contributed by atoms with van der Waals surface area (Å²) in [5.41, 5.74) is 9.08. The number of nitrogen functional groups attached to an aromatic ring is 1. The van der Waals surface area contributed by atoms with Crippen LogP contribution in [-0.4, -0.2) is 64.0 Å². The molecular formula is C24H33N7O2. The highest BCUT2D eigenvalue weighted by Gasteiger charge is 2.38. The maximum Gasteiger partial charge on any atom is 0.169 e. The van der Waals surface area contributed by atoms with E-state index in [9.17, 15) is 0 Å². The van der Waals surface area contributed by atoms with Crippen molar-refractivity contribution in [2.45, 2.75) is 57.4 Å². The Kier molecular flexibility index (Phi) is 5.25. The first-order chi connectivity index (χ1) is 16.1. The first-order valence-corrected chi connectivity index (χ1v) is 12.2. The van der Waals surface area contributed by atoms with Crippen LogP contribution in [-0.2, 0) is 9.47 Å². The van der Waals surface area contributed by atoms with Crippen LogP contribution < -0.4 is 10.6 Å². The van der Waals surface area contributed by atoms with Gasteiger partial charge in [-0.05, 0) is 68.4 Å². The highest BCUT2D eigenvalue weighted by atomic mass is 16.5. The highest BCUT2D eigenvalue weighted by Crippen LogP contribution is 2.50. The summed E-state index contributed by atoms with van der Waals surface area (Å²) in [6, 6.07) is 4.45. The monoisotopic (exact) mass is 451 g/mol. The van der Waals surface area contributed by atoms with Crippen LogP contribution in [0, 0.1) is 5.41 Å². The van der Waals surface area contributed by atoms with Crippen molar-refractivity contribution < 1.29 is 9.47 Å². The number of rotatable bonds is 3. The van der Waals surface area contributed by atoms with Crippen LogP contribution in [0.3, 0.4) is 0 Å². The molecule has 3 N–H and O–H groups in total. The molecule has 176 valence electrons. The maximum absolute atomic E-state index is 6.53. The van der Waals surface area contributed by atoms with Crippen LogP contribution in [0.1, 0.15) is 56.9 Å². The van der Waals surface area contributed by atoms with Crippen molar-refractivity contribution >= 4 is 22.7 Å². The van der Waals surface area contributed by atoms with Crippen LogP contribution in [0.25, 0.3) is 16.9 Å². The normalized spacial score (nSPS) is 24.0. The second-order valence-corrected chi connectivity index (χ2v) is 10.0. The predicted molar refractivity (Wildman–Crippen MR) is 127 cm³/mol. The standard InChI is InChI=1S/C24H33N7O2/c1-16-15-33-13-10-30(16)20-14-18(17-2-5-24(6-3-17)7-11-32-12-8-24)21-22(25)29-31(23(21)27-20)19-4-9-26-28-19/h4,9,14,16-17H,2-3,5-8,10-13,15H2,1H3,(H2,25,29)(H,26,28)/t16-/m1/s1. The molecule has 0 aromatic carbocycles. The van der Waals surface area contributed by atoms with Gasteiger partial charge in [0.25, 0.3) is 0 Å². The Morgan fingerprint density at radius 3 is 2.67 bits per heavy atom. The minimum Gasteiger partial charge on any atom is -0.382 e. The van der Waals surface area contributed by atoms with Crippen molar-refractivity contribution in [2.24, 2.45) is 5.41 Å². The van der Waals surface area contributed by atoms with Gasteiger partial charge in [-0.3, -0.25) is 5.10 Å². The summed E-state index contributed by atoms with van der Waals surface area (Å²) < 4.78 is 13.1. The highest BCUT2D eigenvalue weighted by molar-refractivity contribution is 5.92. The maximum atomic E-state index is 6.53. The first-order valence-electron chi connectivity index (χ1n) is 12.2. The average molecular weight is 452 g/mol. The lowest BCUT2D eigenvalue weighted by Gasteiger charge is -2.43. The minimum atomic E-state index is 0.272. The van der Waals surface area contributed by atoms with Crippen molar-refractivity contribution in [3.63, 3.8) is 0 Å². The molecule has 2 saturated heterocycles. The predicted octanol–water partition coefficient (Wildman–Crippen LogP) is 3.41. The van der Waals surface area contributed by atoms with Crippen LogP contribution in [0.2, 0.25) is 0 Å². The number of hydrogen-bond acceptors (Lipinski definition) is 7. The van der Waals surface area contributed by atoms with Crippen LogP contribution in [0.5, 0.6) is 0 Å². The van der Waals surface area contributed by atoms with Gasteiger partial charge in [0.1, 0.15) is 5.82 Å². The van der Waals surface area contributed by atoms with Gasteiger partial charge in [0.05, 0.1) is 30.8 Å². The number of H-pyrrole nitrogens is 1. The number of anilines is 2. The summed E-state index contributed by atoms with van der Waals surface area (Å²) in [6.45, 7) is 6.28. The summed E-state index contributed by atoms with van der Waals surface area (Å²) in [5.74, 6) is 2.75. The number of aromatic nitrogens is 5. The molecule has 0 amide bonds. The fourth-order valence-electron chi connectivity index (χ4n) is 6.07. The van der Waals surface area contributed by atoms with Crippen molar-refractivity contribution in [3.05, 3.63) is 23.9 Å². The molecule has 3 aromatic rings. The molecule has 1 aliphatic carbocycles. The van der Waals surface area contributed by atoms with E-state index in [-0.39, 0.29) is 6.04 Å². The molecule has 0 radical (unpaired) electrons. The van der Waals surface area contributed by atoms with Crippen molar-refractivity contribution in [2.75, 3.05) is 43.6 Å². The molecule has 1 spiro atoms. The van der Waals surface area contributed by atoms with E-state index in [1.807, 2.05) is 6.07 Å². The van der Waals surface area contributed by atoms with Crippen LogP contribution in [0.4, 0.5) is 11.6 Å². The fraction of sp³-hybridized carbons (Fsp3) is 0.625. The third kappa shape index (κ3) is 3.67. The van der Waals surface area contributed by atoms with E-state index >= 15 is 0 Å². The van der Waals surface area contributed by atoms with Crippen molar-refractivity contribution in [1.82, 2.24) is 25.0 Å². The van der Waals surface area contributed by atoms with Crippen molar-refractivity contribution in [1.29, 1.82) is 0 Å². The second kappa shape index (κ2) is 8.29. The molecule has 2 aliphatic heterocycles. The van der Waals surface area contributed by atoms with Gasteiger partial charge in [-0.2, -0.15) is 9.78 Å². The Labute approximate surface area is 193 Å². The SMILES string of the molecule is C[C@@H]1COCCN1c1cc(C2CCC3(CCOCC3)CC2)c2c(N)nn(-c3ccn[nH]3)c2n1. The molecule has 9 heteroatoms. The lowest BCUT2D eigenvalue weighted by Crippen LogP contribution is -2.44. The quantitative estimate of drug-likeness (QED) is 0.628. The van der Waals surface area contributed by atoms with Gasteiger partial charge in [-0.1, -0.05) is 0 Å². The van der Waals surface area contributed by atoms with E-state index in [0.717, 1.165) is 49.0 Å². The molecular weight excluding hydrogens is 418 g/mol. The summed E-state index contributed by atoms with van der Waals surface area (Å²) in [7, 11) is 0. The van der Waals surface area contributed by atoms with E-state index in [0.29, 0.717) is 23.8 Å². The van der Waals surface area contributed by atoms with E-state index in [2.05, 4.69) is 33.2 Å². The van der Waals surface area contributed by atoms with Gasteiger partial charge in [-0.25, -0.2) is 4.98 Å². The lowest BCUT2D eigenvalue weighted by atomic mass is 9.65. The Balaban J connectivity index is 1.43. The molecule has 1 saturated carbocycles. The number of fused-ring (bicyclic) bond motifs is 1. The molecule has 9 nitrogen and oxygen atoms in total. The Morgan fingerprint density at radius 1 is 1.12 bits per heavy atom. The zero-order valence-corrected chi connectivity index (χ0v) is 19.3. The van der Waals surface area contributed by atoms with Crippen LogP contribution in [0.15, 0.2) is 18.3 Å². The second-order valence-electron chi connectivity index (χ2n) is 10.0. The number of ether oxygens (including phenoxy) is 2. The topological polar surface area (TPSA) is 107 Å². The zero-order valence-electron chi connectivity index (χ0n) is 19.3. The first kappa shape index (κ1) is 20.9. The lowest BCUT2D eigenvalue weighted by molar-refractivity contribution is -0.00757. The molecule has 0 bridgehead atoms. The Morgan fingerprint density at radius 2 is 1.94 bits per heavy atom. The smallest absolute Gasteiger partial charge is 0.169 e. The van der Waals surface area contributed by atoms with Gasteiger partial charge >= 0.3 is 0 Å².